The number of aliphatic carboxylic acids is 1. The maximum atomic E-state index is 13.8. The van der Waals surface area contributed by atoms with Crippen molar-refractivity contribution in [3.05, 3.63) is 77.4 Å². The van der Waals surface area contributed by atoms with Crippen LogP contribution in [0.15, 0.2) is 60.7 Å². The molecule has 0 saturated carbocycles. The molecule has 0 unspecified atom stereocenters. The molecule has 3 aromatic carbocycles. The van der Waals surface area contributed by atoms with Crippen LogP contribution in [0.5, 0.6) is 17.2 Å². The van der Waals surface area contributed by atoms with Crippen molar-refractivity contribution in [1.29, 1.82) is 0 Å². The third-order valence-electron chi connectivity index (χ3n) is 6.24. The van der Waals surface area contributed by atoms with E-state index in [0.717, 1.165) is 22.0 Å². The van der Waals surface area contributed by atoms with Crippen molar-refractivity contribution >= 4 is 33.7 Å². The van der Waals surface area contributed by atoms with E-state index in [1.54, 1.807) is 24.3 Å². The number of methoxy groups -OCH3 is 3. The molecule has 39 heavy (non-hydrogen) atoms. The average molecular weight is 599 g/mol. The average Bonchev–Trinajstić information content (AvgIpc) is 2.95. The number of benzene rings is 3. The van der Waals surface area contributed by atoms with E-state index in [4.69, 9.17) is 19.9 Å². The van der Waals surface area contributed by atoms with Gasteiger partial charge in [-0.1, -0.05) is 52.3 Å². The lowest BCUT2D eigenvalue weighted by atomic mass is 10.0. The van der Waals surface area contributed by atoms with Crippen molar-refractivity contribution in [3.63, 3.8) is 0 Å². The lowest BCUT2D eigenvalue weighted by molar-refractivity contribution is -0.143. The summed E-state index contributed by atoms with van der Waals surface area (Å²) in [6, 6.07) is 16.9. The van der Waals surface area contributed by atoms with Gasteiger partial charge in [-0.05, 0) is 52.9 Å². The third-order valence-corrected chi connectivity index (χ3v) is 6.88. The van der Waals surface area contributed by atoms with Crippen LogP contribution < -0.4 is 19.9 Å². The van der Waals surface area contributed by atoms with Gasteiger partial charge in [-0.2, -0.15) is 0 Å². The van der Waals surface area contributed by atoms with Gasteiger partial charge in [-0.25, -0.2) is 4.79 Å². The number of hydrogen-bond donors (Lipinski definition) is 2. The van der Waals surface area contributed by atoms with Crippen LogP contribution in [0.4, 0.5) is 0 Å². The molecule has 0 fully saturated rings. The van der Waals surface area contributed by atoms with E-state index < -0.39 is 23.8 Å². The van der Waals surface area contributed by atoms with Gasteiger partial charge in [0, 0.05) is 23.9 Å². The van der Waals surface area contributed by atoms with Crippen molar-refractivity contribution < 1.29 is 33.7 Å². The Kier molecular flexibility index (Phi) is 10.3. The van der Waals surface area contributed by atoms with Crippen molar-refractivity contribution in [2.75, 3.05) is 21.3 Å². The number of primary amides is 1. The minimum atomic E-state index is -1.31. The molecule has 3 N–H and O–H groups in total. The van der Waals surface area contributed by atoms with Gasteiger partial charge in [0.05, 0.1) is 21.3 Å². The highest BCUT2D eigenvalue weighted by Gasteiger charge is 2.31. The number of nitrogens with zero attached hydrogens (tertiary/aromatic N) is 1. The van der Waals surface area contributed by atoms with Gasteiger partial charge in [0.2, 0.25) is 11.7 Å². The van der Waals surface area contributed by atoms with Crippen LogP contribution in [-0.4, -0.2) is 55.2 Å². The van der Waals surface area contributed by atoms with Crippen molar-refractivity contribution in [2.24, 2.45) is 5.73 Å². The molecule has 10 heteroatoms. The quantitative estimate of drug-likeness (QED) is 0.274. The molecule has 0 bridgehead atoms. The lowest BCUT2D eigenvalue weighted by Gasteiger charge is -2.29. The fourth-order valence-electron chi connectivity index (χ4n) is 4.20. The molecule has 206 valence electrons. The summed E-state index contributed by atoms with van der Waals surface area (Å²) in [4.78, 5) is 38.7. The minimum Gasteiger partial charge on any atom is -0.493 e. The topological polar surface area (TPSA) is 128 Å². The smallest absolute Gasteiger partial charge is 0.326 e. The Hall–Kier alpha value is -4.05. The number of carbonyl (C=O) groups is 3. The van der Waals surface area contributed by atoms with Crippen molar-refractivity contribution in [1.82, 2.24) is 4.90 Å². The molecule has 0 aliphatic carbocycles. The Morgan fingerprint density at radius 3 is 1.85 bits per heavy atom. The molecular weight excluding hydrogens is 568 g/mol. The van der Waals surface area contributed by atoms with E-state index in [1.807, 2.05) is 36.4 Å². The summed E-state index contributed by atoms with van der Waals surface area (Å²) >= 11 is 3.43. The Morgan fingerprint density at radius 2 is 1.41 bits per heavy atom. The Morgan fingerprint density at radius 1 is 0.872 bits per heavy atom. The summed E-state index contributed by atoms with van der Waals surface area (Å²) in [7, 11) is 4.40. The number of hydrogen-bond acceptors (Lipinski definition) is 6. The van der Waals surface area contributed by atoms with E-state index in [-0.39, 0.29) is 19.4 Å². The van der Waals surface area contributed by atoms with Gasteiger partial charge in [-0.15, -0.1) is 0 Å². The first-order valence-corrected chi connectivity index (χ1v) is 13.2. The highest BCUT2D eigenvalue weighted by atomic mass is 79.9. The standard InChI is InChI=1S/C29H31BrN2O7/c1-37-24-14-19(15-25(38-2)27(24)39-3)17-32(23(29(35)36)12-13-26(31)33)28(34)22-10-8-21(9-11-22)20-6-4-18(16-30)5-7-20/h4-11,14-15,23H,12-13,16-17H2,1-3H3,(H2,31,33)(H,35,36)/t23-/m0/s1. The second-order valence-corrected chi connectivity index (χ2v) is 9.29. The molecule has 0 radical (unpaired) electrons. The summed E-state index contributed by atoms with van der Waals surface area (Å²) in [5, 5.41) is 10.8. The van der Waals surface area contributed by atoms with Crippen LogP contribution in [0.3, 0.4) is 0 Å². The maximum Gasteiger partial charge on any atom is 0.326 e. The number of rotatable bonds is 13. The number of alkyl halides is 1. The molecule has 9 nitrogen and oxygen atoms in total. The van der Waals surface area contributed by atoms with Crippen LogP contribution >= 0.6 is 15.9 Å². The van der Waals surface area contributed by atoms with Gasteiger partial charge in [-0.3, -0.25) is 9.59 Å². The summed E-state index contributed by atoms with van der Waals surface area (Å²) < 4.78 is 16.2. The van der Waals surface area contributed by atoms with Gasteiger partial charge in [0.25, 0.3) is 5.91 Å². The number of carboxylic acid groups (broad SMARTS) is 1. The molecule has 2 amide bonds. The predicted molar refractivity (Wildman–Crippen MR) is 150 cm³/mol. The first kappa shape index (κ1) is 29.5. The highest BCUT2D eigenvalue weighted by Crippen LogP contribution is 2.38. The fourth-order valence-corrected chi connectivity index (χ4v) is 4.57. The summed E-state index contributed by atoms with van der Waals surface area (Å²) in [6.45, 7) is -0.0962. The fraction of sp³-hybridized carbons (Fsp3) is 0.276. The second-order valence-electron chi connectivity index (χ2n) is 8.73. The zero-order valence-electron chi connectivity index (χ0n) is 22.0. The van der Waals surface area contributed by atoms with Gasteiger partial charge < -0.3 is 30.0 Å². The zero-order valence-corrected chi connectivity index (χ0v) is 23.6. The first-order chi connectivity index (χ1) is 18.7. The van der Waals surface area contributed by atoms with Crippen LogP contribution in [0.1, 0.15) is 34.3 Å². The highest BCUT2D eigenvalue weighted by molar-refractivity contribution is 9.08. The molecule has 0 spiro atoms. The molecule has 0 aliphatic heterocycles. The zero-order chi connectivity index (χ0) is 28.5. The SMILES string of the molecule is COc1cc(CN(C(=O)c2ccc(-c3ccc(CBr)cc3)cc2)[C@@H](CCC(N)=O)C(=O)O)cc(OC)c1OC. The van der Waals surface area contributed by atoms with E-state index in [2.05, 4.69) is 15.9 Å². The van der Waals surface area contributed by atoms with Crippen molar-refractivity contribution in [2.45, 2.75) is 30.8 Å². The van der Waals surface area contributed by atoms with Gasteiger partial charge in [0.1, 0.15) is 6.04 Å². The molecule has 1 atom stereocenters. The van der Waals surface area contributed by atoms with Crippen LogP contribution in [-0.2, 0) is 21.5 Å². The largest absolute Gasteiger partial charge is 0.493 e. The minimum absolute atomic E-state index is 0.0962. The number of ether oxygens (including phenoxy) is 3. The summed E-state index contributed by atoms with van der Waals surface area (Å²) in [5.41, 5.74) is 9.18. The number of amides is 2. The molecule has 0 aromatic heterocycles. The van der Waals surface area contributed by atoms with Crippen LogP contribution in [0.2, 0.25) is 0 Å². The molecule has 0 heterocycles. The molecule has 0 saturated heterocycles. The van der Waals surface area contributed by atoms with E-state index >= 15 is 0 Å². The Bertz CT molecular complexity index is 1290. The molecule has 0 aliphatic rings. The summed E-state index contributed by atoms with van der Waals surface area (Å²) in [6.07, 6.45) is -0.335. The number of nitrogens with two attached hydrogens (primary N) is 1. The number of halogens is 1. The van der Waals surface area contributed by atoms with Gasteiger partial charge >= 0.3 is 5.97 Å². The van der Waals surface area contributed by atoms with Crippen molar-refractivity contribution in [3.8, 4) is 28.4 Å². The first-order valence-electron chi connectivity index (χ1n) is 12.1. The summed E-state index contributed by atoms with van der Waals surface area (Å²) in [5.74, 6) is -1.33. The normalized spacial score (nSPS) is 11.4. The predicted octanol–water partition coefficient (Wildman–Crippen LogP) is 4.64. The van der Waals surface area contributed by atoms with Gasteiger partial charge in [0.15, 0.2) is 11.5 Å². The third kappa shape index (κ3) is 7.29. The monoisotopic (exact) mass is 598 g/mol. The van der Waals surface area contributed by atoms with Crippen LogP contribution in [0.25, 0.3) is 11.1 Å². The van der Waals surface area contributed by atoms with Crippen LogP contribution in [0, 0.1) is 0 Å². The Balaban J connectivity index is 2.00. The molecular formula is C29H31BrN2O7. The lowest BCUT2D eigenvalue weighted by Crippen LogP contribution is -2.45. The van der Waals surface area contributed by atoms with E-state index in [9.17, 15) is 19.5 Å². The second kappa shape index (κ2) is 13.7. The molecule has 3 rings (SSSR count). The number of carbonyl (C=O) groups excluding carboxylic acids is 2. The van der Waals surface area contributed by atoms with E-state index in [1.165, 1.54) is 26.2 Å². The Labute approximate surface area is 235 Å². The number of carboxylic acids is 1. The molecule has 3 aromatic rings. The maximum absolute atomic E-state index is 13.8. The van der Waals surface area contributed by atoms with E-state index in [0.29, 0.717) is 28.4 Å².